The third-order valence-electron chi connectivity index (χ3n) is 5.53. The molecule has 2 aliphatic heterocycles. The predicted octanol–water partition coefficient (Wildman–Crippen LogP) is -0.0374. The lowest BCUT2D eigenvalue weighted by atomic mass is 10.0. The highest BCUT2D eigenvalue weighted by Crippen LogP contribution is 2.45. The topological polar surface area (TPSA) is 180 Å². The highest BCUT2D eigenvalue weighted by atomic mass is 32.2. The second kappa shape index (κ2) is 11.3. The molecule has 202 valence electrons. The van der Waals surface area contributed by atoms with Crippen LogP contribution in [0.5, 0.6) is 0 Å². The molecule has 0 saturated carbocycles. The van der Waals surface area contributed by atoms with E-state index in [1.54, 1.807) is 6.92 Å². The van der Waals surface area contributed by atoms with E-state index in [4.69, 9.17) is 10.6 Å². The molecule has 1 fully saturated rings. The van der Waals surface area contributed by atoms with Gasteiger partial charge in [-0.25, -0.2) is 9.55 Å². The lowest BCUT2D eigenvalue weighted by Crippen LogP contribution is -2.71. The number of aryl methyl sites for hydroxylation is 1. The number of hydrogen-bond acceptors (Lipinski definition) is 14. The zero-order chi connectivity index (χ0) is 27.7. The van der Waals surface area contributed by atoms with Crippen molar-refractivity contribution >= 4 is 75.0 Å². The van der Waals surface area contributed by atoms with Gasteiger partial charge in [0.1, 0.15) is 25.1 Å². The molecule has 2 atom stereocenters. The van der Waals surface area contributed by atoms with Gasteiger partial charge in [-0.1, -0.05) is 16.9 Å². The summed E-state index contributed by atoms with van der Waals surface area (Å²) in [6, 6.07) is 2.89. The van der Waals surface area contributed by atoms with Crippen LogP contribution in [-0.2, 0) is 26.3 Å². The van der Waals surface area contributed by atoms with Crippen molar-refractivity contribution in [2.45, 2.75) is 22.7 Å². The van der Waals surface area contributed by atoms with Crippen molar-refractivity contribution in [3.63, 3.8) is 0 Å². The fourth-order valence-corrected chi connectivity index (χ4v) is 7.62. The summed E-state index contributed by atoms with van der Waals surface area (Å²) in [6.07, 6.45) is 3.82. The highest BCUT2D eigenvalue weighted by molar-refractivity contribution is 8.07. The summed E-state index contributed by atoms with van der Waals surface area (Å²) in [7, 11) is 1.92. The number of nitrogens with one attached hydrogen (secondary N) is 1. The van der Waals surface area contributed by atoms with E-state index in [0.717, 1.165) is 27.7 Å². The number of pyridine rings is 1. The van der Waals surface area contributed by atoms with Crippen LogP contribution in [0.4, 0.5) is 5.13 Å². The average molecular weight is 605 g/mol. The Kier molecular flexibility index (Phi) is 7.83. The molecule has 2 amide bonds. The number of rotatable bonds is 9. The quantitative estimate of drug-likeness (QED) is 0.145. The minimum absolute atomic E-state index is 0.0374. The summed E-state index contributed by atoms with van der Waals surface area (Å²) in [4.78, 5) is 53.3. The molecule has 3 N–H and O–H groups in total. The first kappa shape index (κ1) is 27.0. The number of amides is 2. The number of nitrogens with zero attached hydrogens (tertiary/aromatic N) is 6. The van der Waals surface area contributed by atoms with Crippen LogP contribution in [0.15, 0.2) is 50.0 Å². The molecule has 0 aliphatic carbocycles. The molecule has 39 heavy (non-hydrogen) atoms. The van der Waals surface area contributed by atoms with Crippen molar-refractivity contribution < 1.29 is 28.9 Å². The Hall–Kier alpha value is -3.54. The Labute approximate surface area is 238 Å². The van der Waals surface area contributed by atoms with Gasteiger partial charge in [0.15, 0.2) is 21.9 Å². The van der Waals surface area contributed by atoms with Gasteiger partial charge >= 0.3 is 0 Å². The van der Waals surface area contributed by atoms with Gasteiger partial charge in [0.2, 0.25) is 11.5 Å². The zero-order valence-electron chi connectivity index (χ0n) is 20.4. The Balaban J connectivity index is 1.32. The number of fused-ring (bicyclic) bond motifs is 1. The van der Waals surface area contributed by atoms with Gasteiger partial charge in [-0.15, -0.1) is 23.1 Å². The number of carboxylic acids is 1. The number of thioether (sulfide) groups is 2. The molecule has 0 bridgehead atoms. The van der Waals surface area contributed by atoms with Crippen LogP contribution in [0.3, 0.4) is 0 Å². The summed E-state index contributed by atoms with van der Waals surface area (Å²) in [5.41, 5.74) is 6.86. The number of aliphatic carboxylic acids is 1. The standard InChI is InChI=1S/C22H20N8O5S4/c1-3-35-27-13(16-26-21(23)39-28-16)17(31)25-14-18(32)30-15(20(33)34)12(9-36-19(14)30)38-22-24-11(8-37-22)10-4-6-29(2)7-5-10/h4-8,14,19H,3,9H2,1-2H3,(H3-,23,25,26,28,31,33,34). The van der Waals surface area contributed by atoms with E-state index in [1.165, 1.54) is 34.9 Å². The maximum absolute atomic E-state index is 13.1. The Morgan fingerprint density at radius 3 is 2.79 bits per heavy atom. The van der Waals surface area contributed by atoms with Gasteiger partial charge in [-0.3, -0.25) is 14.5 Å². The van der Waals surface area contributed by atoms with Gasteiger partial charge in [0, 0.05) is 45.3 Å². The molecule has 0 spiro atoms. The molecule has 17 heteroatoms. The molecule has 0 aromatic carbocycles. The number of carbonyl (C=O) groups excluding carboxylic acids is 3. The second-order valence-corrected chi connectivity index (χ2v) is 12.2. The number of carboxylic acid groups (broad SMARTS) is 1. The van der Waals surface area contributed by atoms with Crippen LogP contribution in [0.25, 0.3) is 11.3 Å². The van der Waals surface area contributed by atoms with Crippen LogP contribution in [0.1, 0.15) is 12.7 Å². The summed E-state index contributed by atoms with van der Waals surface area (Å²) in [6.45, 7) is 1.88. The first-order valence-electron chi connectivity index (χ1n) is 11.4. The molecule has 3 aromatic rings. The number of anilines is 1. The molecule has 5 rings (SSSR count). The maximum atomic E-state index is 13.1. The second-order valence-electron chi connectivity index (χ2n) is 8.09. The van der Waals surface area contributed by atoms with E-state index in [2.05, 4.69) is 24.8 Å². The van der Waals surface area contributed by atoms with Crippen molar-refractivity contribution in [2.24, 2.45) is 12.2 Å². The minimum atomic E-state index is -1.48. The van der Waals surface area contributed by atoms with Crippen molar-refractivity contribution in [1.82, 2.24) is 24.6 Å². The summed E-state index contributed by atoms with van der Waals surface area (Å²) in [5.74, 6) is -2.56. The molecule has 3 aromatic heterocycles. The molecule has 0 radical (unpaired) electrons. The largest absolute Gasteiger partial charge is 0.543 e. The summed E-state index contributed by atoms with van der Waals surface area (Å²) < 4.78 is 6.53. The third kappa shape index (κ3) is 5.47. The van der Waals surface area contributed by atoms with E-state index in [-0.39, 0.29) is 34.7 Å². The Morgan fingerprint density at radius 2 is 2.13 bits per heavy atom. The molecule has 2 unspecified atom stereocenters. The van der Waals surface area contributed by atoms with Crippen LogP contribution in [-0.4, -0.2) is 66.5 Å². The number of nitrogens with two attached hydrogens (primary N) is 1. The number of oxime groups is 1. The van der Waals surface area contributed by atoms with Gasteiger partial charge in [0.05, 0.1) is 17.4 Å². The SMILES string of the molecule is CCON=C(C(=O)NC1C(=O)N2C(C(=O)[O-])=C(Sc3nc(-c4cc[n+](C)cc4)cs3)CSC12)c1nsc(N)n1. The number of β-lactam (4-membered cyclic amide) rings is 1. The normalized spacial score (nSPS) is 19.0. The number of nitrogen functional groups attached to an aromatic ring is 1. The van der Waals surface area contributed by atoms with Crippen LogP contribution in [0, 0.1) is 0 Å². The van der Waals surface area contributed by atoms with E-state index in [0.29, 0.717) is 9.24 Å². The van der Waals surface area contributed by atoms with Crippen LogP contribution >= 0.6 is 46.4 Å². The van der Waals surface area contributed by atoms with Crippen molar-refractivity contribution in [2.75, 3.05) is 18.1 Å². The maximum Gasteiger partial charge on any atom is 0.278 e. The lowest BCUT2D eigenvalue weighted by molar-refractivity contribution is -0.671. The smallest absolute Gasteiger partial charge is 0.278 e. The van der Waals surface area contributed by atoms with E-state index < -0.39 is 29.2 Å². The molecular formula is C22H20N8O5S4. The van der Waals surface area contributed by atoms with E-state index in [1.807, 2.05) is 41.5 Å². The fourth-order valence-electron chi connectivity index (χ4n) is 3.73. The minimum Gasteiger partial charge on any atom is -0.543 e. The molecular weight excluding hydrogens is 585 g/mol. The number of thiazole rings is 1. The number of hydrogen-bond donors (Lipinski definition) is 2. The monoisotopic (exact) mass is 604 g/mol. The fraction of sp³-hybridized carbons (Fsp3) is 0.273. The van der Waals surface area contributed by atoms with Crippen LogP contribution in [0.2, 0.25) is 0 Å². The third-order valence-corrected chi connectivity index (χ3v) is 9.56. The van der Waals surface area contributed by atoms with Crippen molar-refractivity contribution in [3.8, 4) is 11.3 Å². The number of carbonyl (C=O) groups is 3. The van der Waals surface area contributed by atoms with Gasteiger partial charge in [-0.2, -0.15) is 9.36 Å². The van der Waals surface area contributed by atoms with E-state index >= 15 is 0 Å². The van der Waals surface area contributed by atoms with Crippen LogP contribution < -0.4 is 20.7 Å². The zero-order valence-corrected chi connectivity index (χ0v) is 23.7. The number of aromatic nitrogens is 4. The highest BCUT2D eigenvalue weighted by Gasteiger charge is 2.53. The van der Waals surface area contributed by atoms with Gasteiger partial charge < -0.3 is 25.8 Å². The average Bonchev–Trinajstić information content (AvgIpc) is 3.56. The summed E-state index contributed by atoms with van der Waals surface area (Å²) in [5, 5.41) is 19.9. The van der Waals surface area contributed by atoms with E-state index in [9.17, 15) is 19.5 Å². The Morgan fingerprint density at radius 1 is 1.36 bits per heavy atom. The Bertz CT molecular complexity index is 1500. The molecule has 5 heterocycles. The first-order valence-corrected chi connectivity index (χ1v) is 14.9. The van der Waals surface area contributed by atoms with Crippen molar-refractivity contribution in [3.05, 3.63) is 46.3 Å². The van der Waals surface area contributed by atoms with Gasteiger partial charge in [0.25, 0.3) is 11.8 Å². The predicted molar refractivity (Wildman–Crippen MR) is 144 cm³/mol. The lowest BCUT2D eigenvalue weighted by Gasteiger charge is -2.50. The molecule has 1 saturated heterocycles. The van der Waals surface area contributed by atoms with Crippen molar-refractivity contribution in [1.29, 1.82) is 0 Å². The molecule has 2 aliphatic rings. The molecule has 13 nitrogen and oxygen atoms in total. The first-order chi connectivity index (χ1) is 18.8. The summed E-state index contributed by atoms with van der Waals surface area (Å²) >= 11 is 4.77. The van der Waals surface area contributed by atoms with Gasteiger partial charge in [-0.05, 0) is 6.92 Å².